The van der Waals surface area contributed by atoms with Gasteiger partial charge in [0.05, 0.1) is 30.7 Å². The zero-order valence-electron chi connectivity index (χ0n) is 18.2. The summed E-state index contributed by atoms with van der Waals surface area (Å²) in [6.45, 7) is 2.83. The van der Waals surface area contributed by atoms with Gasteiger partial charge in [0.15, 0.2) is 5.16 Å². The van der Waals surface area contributed by atoms with E-state index in [1.807, 2.05) is 6.07 Å². The minimum atomic E-state index is -0.182. The van der Waals surface area contributed by atoms with E-state index < -0.39 is 0 Å². The standard InChI is InChI=1S/C23H25ClN4O3S/c1-4-28-22(16-10-15(16)14-8-6-5-7-9-14)26-27-23(28)32-13-21(29)25-18-12-19(30-2)17(24)11-20(18)31-3/h5-9,11-12,15-16H,4,10,13H2,1-3H3,(H,25,29). The number of hydrogen-bond donors (Lipinski definition) is 1. The molecule has 3 aromatic rings. The molecule has 2 aromatic carbocycles. The summed E-state index contributed by atoms with van der Waals surface area (Å²) in [5, 5.41) is 12.8. The van der Waals surface area contributed by atoms with Gasteiger partial charge in [-0.3, -0.25) is 4.79 Å². The molecule has 9 heteroatoms. The Morgan fingerprint density at radius 3 is 2.59 bits per heavy atom. The van der Waals surface area contributed by atoms with Crippen LogP contribution < -0.4 is 14.8 Å². The number of thioether (sulfide) groups is 1. The fourth-order valence-corrected chi connectivity index (χ4v) is 4.84. The van der Waals surface area contributed by atoms with E-state index in [1.165, 1.54) is 31.5 Å². The van der Waals surface area contributed by atoms with Crippen molar-refractivity contribution >= 4 is 35.0 Å². The summed E-state index contributed by atoms with van der Waals surface area (Å²) in [5.41, 5.74) is 1.84. The fourth-order valence-electron chi connectivity index (χ4n) is 3.80. The van der Waals surface area contributed by atoms with Crippen molar-refractivity contribution in [1.82, 2.24) is 14.8 Å². The van der Waals surface area contributed by atoms with Gasteiger partial charge < -0.3 is 19.4 Å². The highest BCUT2D eigenvalue weighted by atomic mass is 35.5. The number of nitrogens with one attached hydrogen (secondary N) is 1. The van der Waals surface area contributed by atoms with Crippen LogP contribution in [-0.4, -0.2) is 40.6 Å². The number of carbonyl (C=O) groups is 1. The zero-order chi connectivity index (χ0) is 22.7. The Bertz CT molecular complexity index is 1110. The van der Waals surface area contributed by atoms with Gasteiger partial charge in [-0.2, -0.15) is 0 Å². The normalized spacial score (nSPS) is 17.1. The van der Waals surface area contributed by atoms with Crippen LogP contribution >= 0.6 is 23.4 Å². The molecule has 2 atom stereocenters. The Morgan fingerprint density at radius 1 is 1.16 bits per heavy atom. The average Bonchev–Trinajstić information content (AvgIpc) is 3.51. The topological polar surface area (TPSA) is 78.3 Å². The van der Waals surface area contributed by atoms with Gasteiger partial charge in [-0.1, -0.05) is 53.7 Å². The summed E-state index contributed by atoms with van der Waals surface area (Å²) in [5.74, 6) is 2.79. The summed E-state index contributed by atoms with van der Waals surface area (Å²) < 4.78 is 12.7. The highest BCUT2D eigenvalue weighted by molar-refractivity contribution is 7.99. The van der Waals surface area contributed by atoms with Gasteiger partial charge in [0.2, 0.25) is 5.91 Å². The van der Waals surface area contributed by atoms with E-state index in [2.05, 4.69) is 51.3 Å². The molecule has 0 aliphatic heterocycles. The summed E-state index contributed by atoms with van der Waals surface area (Å²) in [7, 11) is 3.04. The van der Waals surface area contributed by atoms with E-state index in [-0.39, 0.29) is 11.7 Å². The molecule has 32 heavy (non-hydrogen) atoms. The Hall–Kier alpha value is -2.71. The SMILES string of the molecule is CCn1c(SCC(=O)Nc2cc(OC)c(Cl)cc2OC)nnc1C1CC1c1ccccc1. The van der Waals surface area contributed by atoms with Gasteiger partial charge in [0.25, 0.3) is 0 Å². The molecule has 1 fully saturated rings. The first kappa shape index (κ1) is 22.5. The minimum Gasteiger partial charge on any atom is -0.495 e. The third kappa shape index (κ3) is 4.71. The number of methoxy groups -OCH3 is 2. The molecule has 2 unspecified atom stereocenters. The molecule has 1 aliphatic rings. The van der Waals surface area contributed by atoms with Gasteiger partial charge >= 0.3 is 0 Å². The second kappa shape index (κ2) is 9.83. The number of benzene rings is 2. The smallest absolute Gasteiger partial charge is 0.234 e. The summed E-state index contributed by atoms with van der Waals surface area (Å²) >= 11 is 7.50. The second-order valence-corrected chi connectivity index (χ2v) is 8.82. The lowest BCUT2D eigenvalue weighted by atomic mass is 10.1. The predicted molar refractivity (Wildman–Crippen MR) is 126 cm³/mol. The number of hydrogen-bond acceptors (Lipinski definition) is 6. The zero-order valence-corrected chi connectivity index (χ0v) is 19.7. The van der Waals surface area contributed by atoms with Crippen LogP contribution in [0, 0.1) is 0 Å². The van der Waals surface area contributed by atoms with Crippen molar-refractivity contribution in [2.45, 2.75) is 36.9 Å². The van der Waals surface area contributed by atoms with Crippen LogP contribution in [0.1, 0.15) is 36.6 Å². The number of carbonyl (C=O) groups excluding carboxylic acids is 1. The Kier molecular flexibility index (Phi) is 6.91. The Labute approximate surface area is 196 Å². The molecule has 1 aromatic heterocycles. The van der Waals surface area contributed by atoms with Gasteiger partial charge in [0, 0.05) is 24.6 Å². The van der Waals surface area contributed by atoms with E-state index in [9.17, 15) is 4.79 Å². The van der Waals surface area contributed by atoms with Crippen molar-refractivity contribution in [2.75, 3.05) is 25.3 Å². The minimum absolute atomic E-state index is 0.182. The molecule has 4 rings (SSSR count). The molecule has 0 saturated heterocycles. The summed E-state index contributed by atoms with van der Waals surface area (Å²) in [4.78, 5) is 12.6. The number of nitrogens with zero attached hydrogens (tertiary/aromatic N) is 3. The monoisotopic (exact) mass is 472 g/mol. The van der Waals surface area contributed by atoms with Crippen LogP contribution in [0.15, 0.2) is 47.6 Å². The third-order valence-electron chi connectivity index (χ3n) is 5.49. The number of amides is 1. The van der Waals surface area contributed by atoms with Gasteiger partial charge in [-0.25, -0.2) is 0 Å². The molecule has 0 bridgehead atoms. The number of halogens is 1. The second-order valence-electron chi connectivity index (χ2n) is 7.47. The summed E-state index contributed by atoms with van der Waals surface area (Å²) in [6, 6.07) is 13.8. The maximum absolute atomic E-state index is 12.6. The van der Waals surface area contributed by atoms with E-state index in [1.54, 1.807) is 12.1 Å². The highest BCUT2D eigenvalue weighted by Gasteiger charge is 2.43. The molecule has 1 amide bonds. The average molecular weight is 473 g/mol. The first-order chi connectivity index (χ1) is 15.5. The van der Waals surface area contributed by atoms with E-state index >= 15 is 0 Å². The molecule has 1 aliphatic carbocycles. The quantitative estimate of drug-likeness (QED) is 0.443. The lowest BCUT2D eigenvalue weighted by molar-refractivity contribution is -0.113. The van der Waals surface area contributed by atoms with Crippen molar-refractivity contribution in [2.24, 2.45) is 0 Å². The fraction of sp³-hybridized carbons (Fsp3) is 0.348. The molecule has 0 spiro atoms. The lowest BCUT2D eigenvalue weighted by Crippen LogP contribution is -2.15. The highest BCUT2D eigenvalue weighted by Crippen LogP contribution is 2.54. The molecule has 1 N–H and O–H groups in total. The molecule has 7 nitrogen and oxygen atoms in total. The molecular formula is C23H25ClN4O3S. The molecular weight excluding hydrogens is 448 g/mol. The molecule has 1 heterocycles. The van der Waals surface area contributed by atoms with Crippen molar-refractivity contribution in [3.05, 3.63) is 58.9 Å². The molecule has 168 valence electrons. The number of rotatable bonds is 9. The van der Waals surface area contributed by atoms with Crippen LogP contribution in [0.25, 0.3) is 0 Å². The Morgan fingerprint density at radius 2 is 1.91 bits per heavy atom. The van der Waals surface area contributed by atoms with Crippen molar-refractivity contribution in [3.8, 4) is 11.5 Å². The van der Waals surface area contributed by atoms with Crippen molar-refractivity contribution in [3.63, 3.8) is 0 Å². The molecule has 1 saturated carbocycles. The number of anilines is 1. The van der Waals surface area contributed by atoms with Crippen molar-refractivity contribution < 1.29 is 14.3 Å². The van der Waals surface area contributed by atoms with Crippen LogP contribution in [0.5, 0.6) is 11.5 Å². The van der Waals surface area contributed by atoms with Crippen LogP contribution in [0.4, 0.5) is 5.69 Å². The molecule has 0 radical (unpaired) electrons. The van der Waals surface area contributed by atoms with E-state index in [0.717, 1.165) is 23.9 Å². The number of ether oxygens (including phenoxy) is 2. The lowest BCUT2D eigenvalue weighted by Gasteiger charge is -2.13. The van der Waals surface area contributed by atoms with Crippen LogP contribution in [-0.2, 0) is 11.3 Å². The van der Waals surface area contributed by atoms with Crippen LogP contribution in [0.3, 0.4) is 0 Å². The maximum Gasteiger partial charge on any atom is 0.234 e. The number of aromatic nitrogens is 3. The largest absolute Gasteiger partial charge is 0.495 e. The van der Waals surface area contributed by atoms with Crippen LogP contribution in [0.2, 0.25) is 5.02 Å². The summed E-state index contributed by atoms with van der Waals surface area (Å²) in [6.07, 6.45) is 1.07. The third-order valence-corrected chi connectivity index (χ3v) is 6.75. The Balaban J connectivity index is 1.41. The van der Waals surface area contributed by atoms with Gasteiger partial charge in [0.1, 0.15) is 17.3 Å². The van der Waals surface area contributed by atoms with E-state index in [0.29, 0.717) is 34.0 Å². The maximum atomic E-state index is 12.6. The van der Waals surface area contributed by atoms with Gasteiger partial charge in [-0.15, -0.1) is 10.2 Å². The van der Waals surface area contributed by atoms with E-state index in [4.69, 9.17) is 21.1 Å². The first-order valence-corrected chi connectivity index (χ1v) is 11.7. The van der Waals surface area contributed by atoms with Crippen molar-refractivity contribution in [1.29, 1.82) is 0 Å². The van der Waals surface area contributed by atoms with Gasteiger partial charge in [-0.05, 0) is 24.8 Å². The first-order valence-electron chi connectivity index (χ1n) is 10.4. The predicted octanol–water partition coefficient (Wildman–Crippen LogP) is 4.97.